The van der Waals surface area contributed by atoms with Gasteiger partial charge in [0.25, 0.3) is 0 Å². The molecule has 0 atom stereocenters. The number of rotatable bonds is 2. The second kappa shape index (κ2) is 11.8. The van der Waals surface area contributed by atoms with Gasteiger partial charge in [-0.2, -0.15) is 0 Å². The molecule has 0 fully saturated rings. The minimum Gasteiger partial charge on any atom is -0.0616 e. The second-order valence-corrected chi connectivity index (χ2v) is 17.5. The first kappa shape index (κ1) is 32.8. The van der Waals surface area contributed by atoms with E-state index in [0.29, 0.717) is 0 Å². The van der Waals surface area contributed by atoms with Gasteiger partial charge in [-0.3, -0.25) is 0 Å². The van der Waals surface area contributed by atoms with E-state index in [0.717, 1.165) is 0 Å². The van der Waals surface area contributed by atoms with Crippen molar-refractivity contribution in [2.24, 2.45) is 0 Å². The smallest absolute Gasteiger partial charge is 0.000697 e. The molecule has 2 aliphatic carbocycles. The first-order valence-corrected chi connectivity index (χ1v) is 21.7. The summed E-state index contributed by atoms with van der Waals surface area (Å²) >= 11 is 0. The van der Waals surface area contributed by atoms with E-state index >= 15 is 0 Å². The SMILES string of the molecule is c1ccc2cc(-c3c4c(c(-c5ccc6ccccc6c5)c5c3ccc3c6cc7c(cc6ccc35)-c3cccc5cccc-7c35)-c3cc5ccccc5c5cccc-4c35)ccc2c1. The van der Waals surface area contributed by atoms with Crippen LogP contribution in [0.15, 0.2) is 206 Å². The molecule has 0 saturated carbocycles. The van der Waals surface area contributed by atoms with E-state index in [4.69, 9.17) is 0 Å². The molecule has 0 aliphatic heterocycles. The third kappa shape index (κ3) is 4.21. The maximum absolute atomic E-state index is 2.49. The standard InChI is InChI=1S/C62H34/c1-3-12-38-30-42(24-22-35(38)10-1)57-51-29-28-45-49(27-26-41-32-53-47-18-7-15-37-16-8-19-48(56(37)47)54(53)34-52(41)45)60(51)58(43-25-23-36-11-2-4-13-39(36)31-43)62-55-33-40-14-5-6-17-44(40)46-20-9-21-50(59(46)55)61(57)62/h1-34H. The molecule has 282 valence electrons. The molecule has 13 aromatic rings. The van der Waals surface area contributed by atoms with Crippen molar-refractivity contribution in [3.05, 3.63) is 206 Å². The Hall–Kier alpha value is -8.06. The van der Waals surface area contributed by atoms with Crippen LogP contribution in [0, 0.1) is 0 Å². The Bertz CT molecular complexity index is 4200. The molecule has 0 aromatic heterocycles. The van der Waals surface area contributed by atoms with Crippen molar-refractivity contribution < 1.29 is 0 Å². The molecule has 0 heteroatoms. The Morgan fingerprint density at radius 1 is 0.177 bits per heavy atom. The van der Waals surface area contributed by atoms with Crippen LogP contribution in [0.4, 0.5) is 0 Å². The fourth-order valence-electron chi connectivity index (χ4n) is 11.8. The van der Waals surface area contributed by atoms with Crippen molar-refractivity contribution >= 4 is 86.2 Å². The van der Waals surface area contributed by atoms with Crippen molar-refractivity contribution in [3.63, 3.8) is 0 Å². The van der Waals surface area contributed by atoms with Crippen molar-refractivity contribution in [1.29, 1.82) is 0 Å². The lowest BCUT2D eigenvalue weighted by molar-refractivity contribution is 1.66. The fraction of sp³-hybridized carbons (Fsp3) is 0. The van der Waals surface area contributed by atoms with E-state index in [9.17, 15) is 0 Å². The third-order valence-corrected chi connectivity index (χ3v) is 14.4. The van der Waals surface area contributed by atoms with E-state index in [2.05, 4.69) is 206 Å². The average Bonchev–Trinajstić information content (AvgIpc) is 3.82. The quantitative estimate of drug-likeness (QED) is 0.153. The van der Waals surface area contributed by atoms with Crippen LogP contribution in [0.25, 0.3) is 153 Å². The molecular weight excluding hydrogens is 745 g/mol. The lowest BCUT2D eigenvalue weighted by atomic mass is 9.80. The van der Waals surface area contributed by atoms with Crippen LogP contribution < -0.4 is 0 Å². The van der Waals surface area contributed by atoms with Gasteiger partial charge in [0, 0.05) is 0 Å². The molecule has 0 spiro atoms. The van der Waals surface area contributed by atoms with Gasteiger partial charge in [-0.15, -0.1) is 0 Å². The summed E-state index contributed by atoms with van der Waals surface area (Å²) in [6.45, 7) is 0. The second-order valence-electron chi connectivity index (χ2n) is 17.5. The Morgan fingerprint density at radius 2 is 0.677 bits per heavy atom. The van der Waals surface area contributed by atoms with Crippen LogP contribution in [-0.4, -0.2) is 0 Å². The predicted molar refractivity (Wildman–Crippen MR) is 266 cm³/mol. The topological polar surface area (TPSA) is 0 Å². The Kier molecular flexibility index (Phi) is 6.24. The highest BCUT2D eigenvalue weighted by Crippen LogP contribution is 2.60. The number of benzene rings is 13. The van der Waals surface area contributed by atoms with E-state index in [1.54, 1.807) is 0 Å². The van der Waals surface area contributed by atoms with Crippen LogP contribution in [-0.2, 0) is 0 Å². The van der Waals surface area contributed by atoms with Crippen molar-refractivity contribution in [2.75, 3.05) is 0 Å². The minimum atomic E-state index is 1.24. The van der Waals surface area contributed by atoms with Gasteiger partial charge in [0.05, 0.1) is 0 Å². The summed E-state index contributed by atoms with van der Waals surface area (Å²) in [6.07, 6.45) is 0. The first-order valence-electron chi connectivity index (χ1n) is 21.7. The monoisotopic (exact) mass is 778 g/mol. The Morgan fingerprint density at radius 3 is 1.44 bits per heavy atom. The molecule has 0 heterocycles. The van der Waals surface area contributed by atoms with E-state index in [1.807, 2.05) is 0 Å². The highest BCUT2D eigenvalue weighted by molar-refractivity contribution is 6.35. The molecule has 62 heavy (non-hydrogen) atoms. The highest BCUT2D eigenvalue weighted by Gasteiger charge is 2.32. The zero-order valence-electron chi connectivity index (χ0n) is 33.6. The number of fused-ring (bicyclic) bond motifs is 15. The molecule has 0 nitrogen and oxygen atoms in total. The number of hydrogen-bond acceptors (Lipinski definition) is 0. The van der Waals surface area contributed by atoms with Crippen LogP contribution in [0.2, 0.25) is 0 Å². The summed E-state index contributed by atoms with van der Waals surface area (Å²) < 4.78 is 0. The highest BCUT2D eigenvalue weighted by atomic mass is 14.3. The van der Waals surface area contributed by atoms with Crippen molar-refractivity contribution in [2.45, 2.75) is 0 Å². The molecular formula is C62H34. The molecule has 0 bridgehead atoms. The van der Waals surface area contributed by atoms with Crippen LogP contribution in [0.5, 0.6) is 0 Å². The van der Waals surface area contributed by atoms with Crippen LogP contribution in [0.1, 0.15) is 0 Å². The van der Waals surface area contributed by atoms with Gasteiger partial charge < -0.3 is 0 Å². The summed E-state index contributed by atoms with van der Waals surface area (Å²) in [5.41, 5.74) is 15.7. The lowest BCUT2D eigenvalue weighted by Crippen LogP contribution is -1.95. The van der Waals surface area contributed by atoms with Gasteiger partial charge in [0.15, 0.2) is 0 Å². The Balaban J connectivity index is 1.15. The number of hydrogen-bond donors (Lipinski definition) is 0. The Labute approximate surface area is 357 Å². The minimum absolute atomic E-state index is 1.24. The summed E-state index contributed by atoms with van der Waals surface area (Å²) in [6, 6.07) is 78.3. The average molecular weight is 779 g/mol. The van der Waals surface area contributed by atoms with E-state index in [-0.39, 0.29) is 0 Å². The lowest BCUT2D eigenvalue weighted by Gasteiger charge is -2.23. The summed E-state index contributed by atoms with van der Waals surface area (Å²) in [7, 11) is 0. The molecule has 2 aliphatic rings. The summed E-state index contributed by atoms with van der Waals surface area (Å²) in [4.78, 5) is 0. The fourth-order valence-corrected chi connectivity index (χ4v) is 11.8. The molecule has 0 saturated heterocycles. The first-order chi connectivity index (χ1) is 30.7. The molecule has 0 N–H and O–H groups in total. The maximum Gasteiger partial charge on any atom is -0.000697 e. The van der Waals surface area contributed by atoms with Gasteiger partial charge in [0.1, 0.15) is 0 Å². The third-order valence-electron chi connectivity index (χ3n) is 14.4. The van der Waals surface area contributed by atoms with Crippen LogP contribution in [0.3, 0.4) is 0 Å². The molecule has 0 radical (unpaired) electrons. The van der Waals surface area contributed by atoms with E-state index in [1.165, 1.54) is 153 Å². The van der Waals surface area contributed by atoms with Gasteiger partial charge >= 0.3 is 0 Å². The van der Waals surface area contributed by atoms with Gasteiger partial charge in [-0.1, -0.05) is 176 Å². The predicted octanol–water partition coefficient (Wildman–Crippen LogP) is 17.5. The molecule has 15 rings (SSSR count). The molecule has 13 aromatic carbocycles. The zero-order chi connectivity index (χ0) is 40.2. The van der Waals surface area contributed by atoms with Gasteiger partial charge in [-0.05, 0) is 183 Å². The summed E-state index contributed by atoms with van der Waals surface area (Å²) in [5, 5.41) is 20.6. The van der Waals surface area contributed by atoms with E-state index < -0.39 is 0 Å². The normalized spacial score (nSPS) is 12.5. The van der Waals surface area contributed by atoms with Crippen molar-refractivity contribution in [1.82, 2.24) is 0 Å². The summed E-state index contributed by atoms with van der Waals surface area (Å²) in [5.74, 6) is 0. The van der Waals surface area contributed by atoms with Gasteiger partial charge in [0.2, 0.25) is 0 Å². The van der Waals surface area contributed by atoms with Crippen LogP contribution >= 0.6 is 0 Å². The zero-order valence-corrected chi connectivity index (χ0v) is 33.6. The maximum atomic E-state index is 2.49. The van der Waals surface area contributed by atoms with Crippen molar-refractivity contribution in [3.8, 4) is 66.8 Å². The molecule has 0 amide bonds. The largest absolute Gasteiger partial charge is 0.0616 e. The van der Waals surface area contributed by atoms with Gasteiger partial charge in [-0.25, -0.2) is 0 Å². The molecule has 0 unspecified atom stereocenters.